The lowest BCUT2D eigenvalue weighted by Crippen LogP contribution is -2.43. The molecule has 134 valence electrons. The van der Waals surface area contributed by atoms with Crippen molar-refractivity contribution in [2.75, 3.05) is 25.9 Å². The molecule has 0 aromatic rings. The zero-order valence-electron chi connectivity index (χ0n) is 15.1. The highest BCUT2D eigenvalue weighted by atomic mass is 32.2. The number of aliphatic imine (C=N–C) groups is 1. The summed E-state index contributed by atoms with van der Waals surface area (Å²) in [6.45, 7) is 9.40. The number of hydrogen-bond acceptors (Lipinski definition) is 4. The molecule has 1 saturated carbocycles. The van der Waals surface area contributed by atoms with Gasteiger partial charge in [-0.2, -0.15) is 11.8 Å². The summed E-state index contributed by atoms with van der Waals surface area (Å²) < 4.78 is 5.19. The van der Waals surface area contributed by atoms with Gasteiger partial charge in [-0.15, -0.1) is 0 Å². The first-order valence-corrected chi connectivity index (χ1v) is 9.67. The lowest BCUT2D eigenvalue weighted by Gasteiger charge is -2.19. The van der Waals surface area contributed by atoms with Crippen LogP contribution in [0.25, 0.3) is 0 Å². The summed E-state index contributed by atoms with van der Waals surface area (Å²) in [4.78, 5) is 16.1. The third-order valence-corrected chi connectivity index (χ3v) is 4.55. The maximum atomic E-state index is 11.6. The number of alkyl carbamates (subject to hydrolysis) is 1. The minimum absolute atomic E-state index is 0.399. The van der Waals surface area contributed by atoms with E-state index in [1.54, 1.807) is 0 Å². The third-order valence-electron chi connectivity index (χ3n) is 3.45. The van der Waals surface area contributed by atoms with Gasteiger partial charge in [0.05, 0.1) is 6.54 Å². The van der Waals surface area contributed by atoms with Crippen molar-refractivity contribution < 1.29 is 9.53 Å². The Labute approximate surface area is 144 Å². The van der Waals surface area contributed by atoms with Crippen LogP contribution >= 0.6 is 11.8 Å². The Kier molecular flexibility index (Phi) is 8.58. The molecule has 0 bridgehead atoms. The minimum atomic E-state index is -0.472. The highest BCUT2D eigenvalue weighted by Crippen LogP contribution is 2.27. The number of carbonyl (C=O) groups is 1. The van der Waals surface area contributed by atoms with Crippen LogP contribution < -0.4 is 16.0 Å². The van der Waals surface area contributed by atoms with Gasteiger partial charge in [0.1, 0.15) is 5.60 Å². The predicted molar refractivity (Wildman–Crippen MR) is 98.3 cm³/mol. The van der Waals surface area contributed by atoms with Gasteiger partial charge >= 0.3 is 6.09 Å². The number of carbonyl (C=O) groups excluding carboxylic acids is 1. The van der Waals surface area contributed by atoms with Gasteiger partial charge in [-0.1, -0.05) is 0 Å². The van der Waals surface area contributed by atoms with E-state index in [2.05, 4.69) is 34.1 Å². The summed E-state index contributed by atoms with van der Waals surface area (Å²) in [5, 5.41) is 10.2. The largest absolute Gasteiger partial charge is 0.444 e. The molecule has 0 heterocycles. The van der Waals surface area contributed by atoms with Crippen LogP contribution in [0.1, 0.15) is 47.0 Å². The average molecular weight is 345 g/mol. The third kappa shape index (κ3) is 8.93. The summed E-state index contributed by atoms with van der Waals surface area (Å²) in [7, 11) is 0. The number of nitrogens with one attached hydrogen (secondary N) is 3. The van der Waals surface area contributed by atoms with E-state index in [1.165, 1.54) is 19.3 Å². The Balaban J connectivity index is 2.33. The maximum Gasteiger partial charge on any atom is 0.407 e. The minimum Gasteiger partial charge on any atom is -0.444 e. The fourth-order valence-electron chi connectivity index (χ4n) is 2.44. The highest BCUT2D eigenvalue weighted by molar-refractivity contribution is 7.99. The summed E-state index contributed by atoms with van der Waals surface area (Å²) >= 11 is 1.94. The van der Waals surface area contributed by atoms with Crippen LogP contribution in [-0.4, -0.2) is 54.8 Å². The van der Waals surface area contributed by atoms with Crippen molar-refractivity contribution in [1.82, 2.24) is 16.0 Å². The van der Waals surface area contributed by atoms with Gasteiger partial charge in [-0.25, -0.2) is 4.79 Å². The molecule has 0 aromatic carbocycles. The molecule has 1 aliphatic rings. The Bertz CT molecular complexity index is 396. The molecule has 23 heavy (non-hydrogen) atoms. The van der Waals surface area contributed by atoms with Crippen LogP contribution in [0, 0.1) is 0 Å². The van der Waals surface area contributed by atoms with Crippen LogP contribution in [0.2, 0.25) is 0 Å². The fourth-order valence-corrected chi connectivity index (χ4v) is 3.24. The number of guanidine groups is 1. The van der Waals surface area contributed by atoms with E-state index in [-0.39, 0.29) is 0 Å². The number of thioether (sulfide) groups is 1. The lowest BCUT2D eigenvalue weighted by molar-refractivity contribution is 0.0529. The number of rotatable bonds is 6. The molecule has 0 radical (unpaired) electrons. The van der Waals surface area contributed by atoms with Crippen molar-refractivity contribution in [1.29, 1.82) is 0 Å². The number of hydrogen-bond donors (Lipinski definition) is 3. The molecule has 0 spiro atoms. The van der Waals surface area contributed by atoms with Crippen molar-refractivity contribution in [2.45, 2.75) is 63.9 Å². The molecule has 1 rings (SSSR count). The Morgan fingerprint density at radius 2 is 2.04 bits per heavy atom. The molecule has 7 heteroatoms. The first-order chi connectivity index (χ1) is 10.8. The zero-order chi connectivity index (χ0) is 17.3. The Morgan fingerprint density at radius 1 is 1.30 bits per heavy atom. The molecule has 0 aromatic heterocycles. The van der Waals surface area contributed by atoms with E-state index >= 15 is 0 Å². The number of ether oxygens (including phenoxy) is 1. The molecule has 2 atom stereocenters. The molecular weight excluding hydrogens is 312 g/mol. The van der Waals surface area contributed by atoms with Crippen molar-refractivity contribution in [2.24, 2.45) is 4.99 Å². The molecule has 6 nitrogen and oxygen atoms in total. The average Bonchev–Trinajstić information content (AvgIpc) is 2.89. The second-order valence-electron chi connectivity index (χ2n) is 6.70. The first kappa shape index (κ1) is 19.9. The van der Waals surface area contributed by atoms with Crippen LogP contribution in [0.3, 0.4) is 0 Å². The molecule has 1 fully saturated rings. The standard InChI is InChI=1S/C16H32N4O2S/c1-6-17-14(20-12-7-8-13(11-12)23-5)18-9-10-19-15(21)22-16(2,3)4/h12-13H,6-11H2,1-5H3,(H,19,21)(H2,17,18,20). The van der Waals surface area contributed by atoms with Crippen LogP contribution in [0.15, 0.2) is 4.99 Å². The van der Waals surface area contributed by atoms with E-state index in [1.807, 2.05) is 32.5 Å². The maximum absolute atomic E-state index is 11.6. The van der Waals surface area contributed by atoms with Crippen molar-refractivity contribution in [3.63, 3.8) is 0 Å². The Hall–Kier alpha value is -1.11. The molecule has 2 unspecified atom stereocenters. The molecule has 1 aliphatic carbocycles. The quantitative estimate of drug-likeness (QED) is 0.392. The lowest BCUT2D eigenvalue weighted by atomic mass is 10.2. The first-order valence-electron chi connectivity index (χ1n) is 8.38. The van der Waals surface area contributed by atoms with Gasteiger partial charge in [0.2, 0.25) is 0 Å². The van der Waals surface area contributed by atoms with E-state index in [4.69, 9.17) is 4.74 Å². The second-order valence-corrected chi connectivity index (χ2v) is 7.84. The summed E-state index contributed by atoms with van der Waals surface area (Å²) in [5.41, 5.74) is -0.472. The van der Waals surface area contributed by atoms with Crippen LogP contribution in [0.4, 0.5) is 4.79 Å². The molecule has 3 N–H and O–H groups in total. The fraction of sp³-hybridized carbons (Fsp3) is 0.875. The van der Waals surface area contributed by atoms with Crippen molar-refractivity contribution in [3.8, 4) is 0 Å². The SMILES string of the molecule is CCNC(=NCCNC(=O)OC(C)(C)C)NC1CCC(SC)C1. The van der Waals surface area contributed by atoms with Gasteiger partial charge < -0.3 is 20.7 Å². The summed E-state index contributed by atoms with van der Waals surface area (Å²) in [6.07, 6.45) is 5.41. The van der Waals surface area contributed by atoms with Gasteiger partial charge in [-0.05, 0) is 53.2 Å². The van der Waals surface area contributed by atoms with Gasteiger partial charge in [0.25, 0.3) is 0 Å². The van der Waals surface area contributed by atoms with Crippen molar-refractivity contribution in [3.05, 3.63) is 0 Å². The molecule has 1 amide bonds. The van der Waals surface area contributed by atoms with Gasteiger partial charge in [0, 0.05) is 24.4 Å². The van der Waals surface area contributed by atoms with Gasteiger partial charge in [0.15, 0.2) is 5.96 Å². The van der Waals surface area contributed by atoms with E-state index < -0.39 is 11.7 Å². The summed E-state index contributed by atoms with van der Waals surface area (Å²) in [6, 6.07) is 0.490. The van der Waals surface area contributed by atoms with E-state index in [0.717, 1.165) is 17.8 Å². The zero-order valence-corrected chi connectivity index (χ0v) is 15.9. The normalized spacial score (nSPS) is 21.9. The van der Waals surface area contributed by atoms with Crippen LogP contribution in [-0.2, 0) is 4.74 Å². The monoisotopic (exact) mass is 344 g/mol. The Morgan fingerprint density at radius 3 is 2.61 bits per heavy atom. The summed E-state index contributed by atoms with van der Waals surface area (Å²) in [5.74, 6) is 0.824. The molecule has 0 saturated heterocycles. The van der Waals surface area contributed by atoms with Crippen molar-refractivity contribution >= 4 is 23.8 Å². The van der Waals surface area contributed by atoms with E-state index in [9.17, 15) is 4.79 Å². The number of nitrogens with zero attached hydrogens (tertiary/aromatic N) is 1. The van der Waals surface area contributed by atoms with E-state index in [0.29, 0.717) is 19.1 Å². The number of amides is 1. The predicted octanol–water partition coefficient (Wildman–Crippen LogP) is 2.35. The highest BCUT2D eigenvalue weighted by Gasteiger charge is 2.24. The smallest absolute Gasteiger partial charge is 0.407 e. The van der Waals surface area contributed by atoms with Gasteiger partial charge in [-0.3, -0.25) is 4.99 Å². The molecule has 0 aliphatic heterocycles. The second kappa shape index (κ2) is 9.90. The van der Waals surface area contributed by atoms with Crippen LogP contribution in [0.5, 0.6) is 0 Å². The topological polar surface area (TPSA) is 74.8 Å². The molecular formula is C16H32N4O2S.